The molecule has 0 N–H and O–H groups in total. The van der Waals surface area contributed by atoms with Crippen molar-refractivity contribution in [1.82, 2.24) is 0 Å². The van der Waals surface area contributed by atoms with Crippen molar-refractivity contribution in [1.29, 1.82) is 0 Å². The molecule has 2 aliphatic rings. The van der Waals surface area contributed by atoms with Crippen molar-refractivity contribution in [3.63, 3.8) is 0 Å². The van der Waals surface area contributed by atoms with Gasteiger partial charge in [-0.25, -0.2) is 0 Å². The van der Waals surface area contributed by atoms with Gasteiger partial charge in [-0.05, 0) is 23.6 Å². The zero-order valence-electron chi connectivity index (χ0n) is 14.2. The number of allylic oxidation sites excluding steroid dienone is 2. The Hall–Kier alpha value is -3.53. The number of benzene rings is 3. The molecule has 0 radical (unpaired) electrons. The Balaban J connectivity index is 1.65. The van der Waals surface area contributed by atoms with E-state index in [-0.39, 0.29) is 5.78 Å². The molecule has 4 nitrogen and oxygen atoms in total. The van der Waals surface area contributed by atoms with Crippen molar-refractivity contribution in [2.24, 2.45) is 10.2 Å². The second-order valence-electron chi connectivity index (χ2n) is 6.39. The highest BCUT2D eigenvalue weighted by Crippen LogP contribution is 2.36. The maximum absolute atomic E-state index is 12.0. The summed E-state index contributed by atoms with van der Waals surface area (Å²) in [6.45, 7) is 0. The lowest BCUT2D eigenvalue weighted by atomic mass is 9.94. The second kappa shape index (κ2) is 5.49. The van der Waals surface area contributed by atoms with E-state index in [1.807, 2.05) is 37.4 Å². The maximum Gasteiger partial charge on any atom is 0.186 e. The Morgan fingerprint density at radius 2 is 1.50 bits per heavy atom. The number of hydrogen-bond acceptors (Lipinski definition) is 3. The third-order valence-corrected chi connectivity index (χ3v) is 4.92. The number of fused-ring (bicyclic) bond motifs is 1. The van der Waals surface area contributed by atoms with Crippen LogP contribution in [0, 0.1) is 0 Å². The number of amidine groups is 1. The lowest BCUT2D eigenvalue weighted by Crippen LogP contribution is -2.22. The molecule has 0 amide bonds. The average Bonchev–Trinajstić information content (AvgIpc) is 2.96. The van der Waals surface area contributed by atoms with Gasteiger partial charge in [0.25, 0.3) is 0 Å². The van der Waals surface area contributed by atoms with Crippen LogP contribution in [0.1, 0.15) is 21.5 Å². The van der Waals surface area contributed by atoms with Crippen LogP contribution in [0.4, 0.5) is 5.69 Å². The molecule has 3 aromatic carbocycles. The lowest BCUT2D eigenvalue weighted by molar-refractivity contribution is 0.104. The summed E-state index contributed by atoms with van der Waals surface area (Å²) in [6, 6.07) is 20.0. The third kappa shape index (κ3) is 2.05. The van der Waals surface area contributed by atoms with E-state index in [0.29, 0.717) is 11.3 Å². The van der Waals surface area contributed by atoms with Crippen molar-refractivity contribution in [3.8, 4) is 0 Å². The largest absolute Gasteiger partial charge is 0.327 e. The van der Waals surface area contributed by atoms with E-state index in [1.54, 1.807) is 12.2 Å². The first kappa shape index (κ1) is 14.8. The van der Waals surface area contributed by atoms with Crippen LogP contribution in [0.2, 0.25) is 0 Å². The summed E-state index contributed by atoms with van der Waals surface area (Å²) < 4.78 is 0. The molecule has 1 heterocycles. The van der Waals surface area contributed by atoms with Crippen molar-refractivity contribution >= 4 is 33.8 Å². The Morgan fingerprint density at radius 3 is 2.35 bits per heavy atom. The molecule has 0 fully saturated rings. The standard InChI is InChI=1S/C22H15N3O/c1-25-19-11-5-7-14-6-4-10-17(21(14)19)22(25)24-23-18-12-13-20(26)16-9-3-2-8-15(16)18/h2-13H,1H3/b23-18-,24-22-. The first-order valence-electron chi connectivity index (χ1n) is 8.47. The van der Waals surface area contributed by atoms with Crippen LogP contribution in [0.15, 0.2) is 83.0 Å². The van der Waals surface area contributed by atoms with Gasteiger partial charge in [0.05, 0.1) is 11.4 Å². The fourth-order valence-electron chi connectivity index (χ4n) is 3.65. The Labute approximate surface area is 150 Å². The molecule has 0 saturated carbocycles. The zero-order chi connectivity index (χ0) is 17.7. The molecule has 1 aliphatic carbocycles. The van der Waals surface area contributed by atoms with E-state index in [4.69, 9.17) is 0 Å². The fraction of sp³-hybridized carbons (Fsp3) is 0.0455. The van der Waals surface area contributed by atoms with E-state index in [0.717, 1.165) is 22.6 Å². The highest BCUT2D eigenvalue weighted by atomic mass is 16.1. The predicted octanol–water partition coefficient (Wildman–Crippen LogP) is 4.19. The van der Waals surface area contributed by atoms with E-state index >= 15 is 0 Å². The highest BCUT2D eigenvalue weighted by molar-refractivity contribution is 6.27. The van der Waals surface area contributed by atoms with E-state index in [9.17, 15) is 4.79 Å². The minimum absolute atomic E-state index is 0.00219. The number of anilines is 1. The minimum atomic E-state index is 0.00219. The predicted molar refractivity (Wildman–Crippen MR) is 105 cm³/mol. The third-order valence-electron chi connectivity index (χ3n) is 4.92. The molecule has 0 aromatic heterocycles. The summed E-state index contributed by atoms with van der Waals surface area (Å²) in [6.07, 6.45) is 3.28. The molecule has 4 heteroatoms. The minimum Gasteiger partial charge on any atom is -0.327 e. The van der Waals surface area contributed by atoms with Crippen LogP contribution in [-0.2, 0) is 0 Å². The molecule has 26 heavy (non-hydrogen) atoms. The van der Waals surface area contributed by atoms with Crippen molar-refractivity contribution in [3.05, 3.63) is 89.5 Å². The van der Waals surface area contributed by atoms with Crippen LogP contribution in [-0.4, -0.2) is 24.4 Å². The molecule has 1 aliphatic heterocycles. The normalized spacial score (nSPS) is 18.2. The quantitative estimate of drug-likeness (QED) is 0.625. The van der Waals surface area contributed by atoms with Gasteiger partial charge in [-0.1, -0.05) is 54.6 Å². The summed E-state index contributed by atoms with van der Waals surface area (Å²) in [5.41, 5.74) is 4.39. The smallest absolute Gasteiger partial charge is 0.186 e. The molecule has 5 rings (SSSR count). The van der Waals surface area contributed by atoms with Gasteiger partial charge in [-0.2, -0.15) is 0 Å². The molecule has 124 valence electrons. The fourth-order valence-corrected chi connectivity index (χ4v) is 3.65. The summed E-state index contributed by atoms with van der Waals surface area (Å²) in [5.74, 6) is 0.814. The summed E-state index contributed by atoms with van der Waals surface area (Å²) in [7, 11) is 2.00. The first-order valence-corrected chi connectivity index (χ1v) is 8.47. The molecular weight excluding hydrogens is 322 g/mol. The summed E-state index contributed by atoms with van der Waals surface area (Å²) in [4.78, 5) is 14.1. The Kier molecular flexibility index (Phi) is 3.12. The van der Waals surface area contributed by atoms with Gasteiger partial charge in [0.15, 0.2) is 11.6 Å². The van der Waals surface area contributed by atoms with Gasteiger partial charge in [0.2, 0.25) is 0 Å². The number of ketones is 1. The molecule has 0 spiro atoms. The zero-order valence-corrected chi connectivity index (χ0v) is 14.2. The van der Waals surface area contributed by atoms with Gasteiger partial charge in [-0.3, -0.25) is 4.79 Å². The monoisotopic (exact) mass is 337 g/mol. The first-order chi connectivity index (χ1) is 12.7. The topological polar surface area (TPSA) is 45.0 Å². The van der Waals surface area contributed by atoms with Crippen molar-refractivity contribution < 1.29 is 4.79 Å². The van der Waals surface area contributed by atoms with Gasteiger partial charge in [0.1, 0.15) is 0 Å². The number of nitrogens with zero attached hydrogens (tertiary/aromatic N) is 3. The maximum atomic E-state index is 12.0. The summed E-state index contributed by atoms with van der Waals surface area (Å²) >= 11 is 0. The van der Waals surface area contributed by atoms with Crippen molar-refractivity contribution in [2.75, 3.05) is 11.9 Å². The van der Waals surface area contributed by atoms with Crippen LogP contribution >= 0.6 is 0 Å². The van der Waals surface area contributed by atoms with Gasteiger partial charge >= 0.3 is 0 Å². The van der Waals surface area contributed by atoms with Crippen LogP contribution in [0.25, 0.3) is 10.8 Å². The number of carbonyl (C=O) groups is 1. The van der Waals surface area contributed by atoms with Crippen LogP contribution < -0.4 is 4.90 Å². The SMILES string of the molecule is CN1/C(=N\N=C2\C=CC(=O)c3ccccc32)c2cccc3cccc1c23. The van der Waals surface area contributed by atoms with Crippen molar-refractivity contribution in [2.45, 2.75) is 0 Å². The second-order valence-corrected chi connectivity index (χ2v) is 6.39. The molecule has 0 atom stereocenters. The Bertz CT molecular complexity index is 1170. The van der Waals surface area contributed by atoms with Crippen LogP contribution in [0.5, 0.6) is 0 Å². The lowest BCUT2D eigenvalue weighted by Gasteiger charge is -2.14. The van der Waals surface area contributed by atoms with E-state index in [2.05, 4.69) is 45.4 Å². The van der Waals surface area contributed by atoms with Gasteiger partial charge in [-0.15, -0.1) is 10.2 Å². The molecule has 0 bridgehead atoms. The number of rotatable bonds is 1. The summed E-state index contributed by atoms with van der Waals surface area (Å²) in [5, 5.41) is 11.4. The van der Waals surface area contributed by atoms with Crippen LogP contribution in [0.3, 0.4) is 0 Å². The van der Waals surface area contributed by atoms with Gasteiger partial charge in [0, 0.05) is 29.1 Å². The molecule has 0 unspecified atom stereocenters. The van der Waals surface area contributed by atoms with E-state index < -0.39 is 0 Å². The Morgan fingerprint density at radius 1 is 0.769 bits per heavy atom. The van der Waals surface area contributed by atoms with Gasteiger partial charge < -0.3 is 4.90 Å². The number of carbonyl (C=O) groups excluding carboxylic acids is 1. The average molecular weight is 337 g/mol. The number of hydrogen-bond donors (Lipinski definition) is 0. The highest BCUT2D eigenvalue weighted by Gasteiger charge is 2.25. The van der Waals surface area contributed by atoms with E-state index in [1.165, 1.54) is 10.8 Å². The molecule has 3 aromatic rings. The molecular formula is C22H15N3O. The molecule has 0 saturated heterocycles.